The number of rotatable bonds is 0. The second kappa shape index (κ2) is 3.75. The quantitative estimate of drug-likeness (QED) is 0.496. The maximum atomic E-state index is 2.35. The van der Waals surface area contributed by atoms with Gasteiger partial charge in [0, 0.05) is 0 Å². The molecule has 0 aromatic heterocycles. The van der Waals surface area contributed by atoms with E-state index in [0.29, 0.717) is 0 Å². The lowest BCUT2D eigenvalue weighted by molar-refractivity contribution is 0.321. The zero-order valence-electron chi connectivity index (χ0n) is 7.75. The smallest absolute Gasteiger partial charge is 0.0230 e. The van der Waals surface area contributed by atoms with Gasteiger partial charge in [-0.2, -0.15) is 0 Å². The van der Waals surface area contributed by atoms with Crippen molar-refractivity contribution < 1.29 is 0 Å². The molecule has 0 spiro atoms. The highest BCUT2D eigenvalue weighted by Gasteiger charge is 2.16. The monoisotopic (exact) mass is 150 g/mol. The second-order valence-corrected chi connectivity index (χ2v) is 3.74. The third-order valence-corrected chi connectivity index (χ3v) is 2.90. The fourth-order valence-electron chi connectivity index (χ4n) is 1.52. The molecular weight excluding hydrogens is 132 g/mol. The number of hydrogen-bond acceptors (Lipinski definition) is 0. The van der Waals surface area contributed by atoms with Crippen LogP contribution >= 0.6 is 0 Å². The first-order chi connectivity index (χ1) is 5.22. The number of allylic oxidation sites excluding steroid dienone is 4. The van der Waals surface area contributed by atoms with Gasteiger partial charge in [-0.3, -0.25) is 0 Å². The molecule has 0 N–H and O–H groups in total. The van der Waals surface area contributed by atoms with Crippen molar-refractivity contribution in [2.45, 2.75) is 27.2 Å². The fraction of sp³-hybridized carbons (Fsp3) is 0.636. The van der Waals surface area contributed by atoms with Gasteiger partial charge < -0.3 is 0 Å². The Morgan fingerprint density at radius 2 is 1.82 bits per heavy atom. The highest BCUT2D eigenvalue weighted by atomic mass is 14.2. The molecule has 1 rings (SSSR count). The highest BCUT2D eigenvalue weighted by Crippen LogP contribution is 2.25. The summed E-state index contributed by atoms with van der Waals surface area (Å²) in [6.07, 6.45) is 10.1. The summed E-state index contributed by atoms with van der Waals surface area (Å²) >= 11 is 0. The molecule has 11 heavy (non-hydrogen) atoms. The minimum Gasteiger partial charge on any atom is -0.0843 e. The van der Waals surface area contributed by atoms with Crippen LogP contribution in [0.25, 0.3) is 0 Å². The van der Waals surface area contributed by atoms with Crippen LogP contribution in [0.2, 0.25) is 0 Å². The molecule has 0 heterocycles. The van der Waals surface area contributed by atoms with Gasteiger partial charge in [0.1, 0.15) is 0 Å². The molecule has 1 aliphatic carbocycles. The Balaban J connectivity index is 2.66. The molecule has 0 saturated heterocycles. The topological polar surface area (TPSA) is 0 Å². The zero-order valence-corrected chi connectivity index (χ0v) is 7.75. The molecule has 1 aliphatic rings. The molecule has 0 saturated carbocycles. The van der Waals surface area contributed by atoms with Crippen molar-refractivity contribution in [2.24, 2.45) is 17.8 Å². The summed E-state index contributed by atoms with van der Waals surface area (Å²) < 4.78 is 0. The normalized spacial score (nSPS) is 38.3. The lowest BCUT2D eigenvalue weighted by Crippen LogP contribution is -2.15. The van der Waals surface area contributed by atoms with Gasteiger partial charge in [0.2, 0.25) is 0 Å². The largest absolute Gasteiger partial charge is 0.0843 e. The molecule has 62 valence electrons. The van der Waals surface area contributed by atoms with Crippen molar-refractivity contribution in [2.75, 3.05) is 0 Å². The van der Waals surface area contributed by atoms with Crippen molar-refractivity contribution in [3.05, 3.63) is 24.3 Å². The molecule has 0 aromatic rings. The van der Waals surface area contributed by atoms with Crippen molar-refractivity contribution in [3.8, 4) is 0 Å². The molecular formula is C11H18. The van der Waals surface area contributed by atoms with Crippen LogP contribution in [0.5, 0.6) is 0 Å². The van der Waals surface area contributed by atoms with Gasteiger partial charge in [0.25, 0.3) is 0 Å². The summed E-state index contributed by atoms with van der Waals surface area (Å²) in [6, 6.07) is 0. The van der Waals surface area contributed by atoms with Crippen LogP contribution < -0.4 is 0 Å². The molecule has 0 aliphatic heterocycles. The van der Waals surface area contributed by atoms with E-state index in [-0.39, 0.29) is 0 Å². The van der Waals surface area contributed by atoms with Crippen LogP contribution in [-0.2, 0) is 0 Å². The van der Waals surface area contributed by atoms with Crippen molar-refractivity contribution in [3.63, 3.8) is 0 Å². The summed E-state index contributed by atoms with van der Waals surface area (Å²) in [4.78, 5) is 0. The van der Waals surface area contributed by atoms with Crippen molar-refractivity contribution >= 4 is 0 Å². The first-order valence-electron chi connectivity index (χ1n) is 4.55. The summed E-state index contributed by atoms with van der Waals surface area (Å²) in [6.45, 7) is 6.99. The van der Waals surface area contributed by atoms with Crippen LogP contribution in [0.1, 0.15) is 27.2 Å². The van der Waals surface area contributed by atoms with Crippen molar-refractivity contribution in [1.82, 2.24) is 0 Å². The van der Waals surface area contributed by atoms with E-state index in [2.05, 4.69) is 45.1 Å². The highest BCUT2D eigenvalue weighted by molar-refractivity contribution is 5.07. The molecule has 0 fully saturated rings. The Labute approximate surface area is 70.0 Å². The Bertz CT molecular complexity index is 165. The fourth-order valence-corrected chi connectivity index (χ4v) is 1.52. The first kappa shape index (κ1) is 8.58. The average Bonchev–Trinajstić information content (AvgIpc) is 2.00. The SMILES string of the molecule is CC1C=CC=CCC(C)C1C. The Kier molecular flexibility index (Phi) is 2.92. The third-order valence-electron chi connectivity index (χ3n) is 2.90. The van der Waals surface area contributed by atoms with Crippen molar-refractivity contribution in [1.29, 1.82) is 0 Å². The van der Waals surface area contributed by atoms with Gasteiger partial charge in [-0.25, -0.2) is 0 Å². The molecule has 0 bridgehead atoms. The van der Waals surface area contributed by atoms with Crippen LogP contribution in [0.4, 0.5) is 0 Å². The lowest BCUT2D eigenvalue weighted by atomic mass is 9.82. The molecule has 3 atom stereocenters. The molecule has 0 aromatic carbocycles. The van der Waals surface area contributed by atoms with E-state index < -0.39 is 0 Å². The molecule has 0 heteroatoms. The van der Waals surface area contributed by atoms with E-state index >= 15 is 0 Å². The first-order valence-corrected chi connectivity index (χ1v) is 4.55. The standard InChI is InChI=1S/C11H18/c1-9-7-5-4-6-8-10(2)11(9)3/h4-7,9-11H,8H2,1-3H3. The summed E-state index contributed by atoms with van der Waals surface area (Å²) in [5.74, 6) is 2.37. The Morgan fingerprint density at radius 3 is 2.55 bits per heavy atom. The van der Waals surface area contributed by atoms with Crippen LogP contribution in [-0.4, -0.2) is 0 Å². The van der Waals surface area contributed by atoms with E-state index in [1.165, 1.54) is 6.42 Å². The maximum absolute atomic E-state index is 2.35. The summed E-state index contributed by atoms with van der Waals surface area (Å²) in [5.41, 5.74) is 0. The molecule has 0 nitrogen and oxygen atoms in total. The average molecular weight is 150 g/mol. The van der Waals surface area contributed by atoms with Gasteiger partial charge in [0.15, 0.2) is 0 Å². The predicted octanol–water partition coefficient (Wildman–Crippen LogP) is 3.41. The Morgan fingerprint density at radius 1 is 1.09 bits per heavy atom. The van der Waals surface area contributed by atoms with E-state index in [4.69, 9.17) is 0 Å². The summed E-state index contributed by atoms with van der Waals surface area (Å²) in [7, 11) is 0. The molecule has 3 unspecified atom stereocenters. The van der Waals surface area contributed by atoms with Crippen LogP contribution in [0.3, 0.4) is 0 Å². The van der Waals surface area contributed by atoms with E-state index in [1.807, 2.05) is 0 Å². The third kappa shape index (κ3) is 2.21. The summed E-state index contributed by atoms with van der Waals surface area (Å²) in [5, 5.41) is 0. The minimum atomic E-state index is 0.731. The molecule has 0 amide bonds. The van der Waals surface area contributed by atoms with Gasteiger partial charge in [0.05, 0.1) is 0 Å². The van der Waals surface area contributed by atoms with Gasteiger partial charge in [-0.1, -0.05) is 45.1 Å². The van der Waals surface area contributed by atoms with E-state index in [0.717, 1.165) is 17.8 Å². The predicted molar refractivity (Wildman–Crippen MR) is 50.4 cm³/mol. The minimum absolute atomic E-state index is 0.731. The van der Waals surface area contributed by atoms with Gasteiger partial charge in [-0.05, 0) is 24.2 Å². The van der Waals surface area contributed by atoms with Gasteiger partial charge in [-0.15, -0.1) is 0 Å². The van der Waals surface area contributed by atoms with Crippen LogP contribution in [0, 0.1) is 17.8 Å². The zero-order chi connectivity index (χ0) is 8.27. The van der Waals surface area contributed by atoms with Gasteiger partial charge >= 0.3 is 0 Å². The maximum Gasteiger partial charge on any atom is -0.0230 e. The number of hydrogen-bond donors (Lipinski definition) is 0. The lowest BCUT2D eigenvalue weighted by Gasteiger charge is -2.23. The second-order valence-electron chi connectivity index (χ2n) is 3.74. The van der Waals surface area contributed by atoms with E-state index in [1.54, 1.807) is 0 Å². The van der Waals surface area contributed by atoms with E-state index in [9.17, 15) is 0 Å². The Hall–Kier alpha value is -0.520. The molecule has 0 radical (unpaired) electrons. The van der Waals surface area contributed by atoms with Crippen LogP contribution in [0.15, 0.2) is 24.3 Å².